The quantitative estimate of drug-likeness (QED) is 0.0381. The standard InChI is InChI=1S/C55H103N3O8/c1-6-9-12-15-18-27-34-46-65-50(59)38-30-23-19-25-32-41-57(43-35-40-56-52-53(55(62)54(52)61)58(44-47-63-4)45-48-64-5)42-33-26-20-24-31-39-51(60)66-49(36-28-21-16-13-10-7-2)37-29-22-17-14-11-8-3/h49,56H,6-48H2,1-5H3. The zero-order valence-electron chi connectivity index (χ0n) is 43.6. The SMILES string of the molecule is CCCCCCCCCOC(=O)CCCCCCCN(CCCCCCCC(=O)OC(CCCCCCCC)CCCCCCCC)CCCNc1c(N(CCOC)CCOC)c(=O)c1=O. The molecule has 0 unspecified atom stereocenters. The van der Waals surface area contributed by atoms with Crippen molar-refractivity contribution in [3.8, 4) is 0 Å². The minimum atomic E-state index is -0.447. The van der Waals surface area contributed by atoms with Gasteiger partial charge in [0.1, 0.15) is 17.5 Å². The molecular weight excluding hydrogens is 831 g/mol. The van der Waals surface area contributed by atoms with Crippen molar-refractivity contribution < 1.29 is 28.5 Å². The van der Waals surface area contributed by atoms with Crippen molar-refractivity contribution in [2.75, 3.05) is 83.5 Å². The normalized spacial score (nSPS) is 11.6. The molecule has 1 N–H and O–H groups in total. The Labute approximate surface area is 404 Å². The van der Waals surface area contributed by atoms with Gasteiger partial charge in [-0.1, -0.05) is 162 Å². The predicted octanol–water partition coefficient (Wildman–Crippen LogP) is 12.9. The highest BCUT2D eigenvalue weighted by Crippen LogP contribution is 2.21. The van der Waals surface area contributed by atoms with Crippen molar-refractivity contribution in [3.05, 3.63) is 20.4 Å². The van der Waals surface area contributed by atoms with Crippen molar-refractivity contribution in [3.63, 3.8) is 0 Å². The number of carbonyl (C=O) groups is 2. The minimum absolute atomic E-state index is 0.0102. The van der Waals surface area contributed by atoms with Crippen LogP contribution in [0.3, 0.4) is 0 Å². The van der Waals surface area contributed by atoms with Crippen LogP contribution in [0.25, 0.3) is 0 Å². The fourth-order valence-electron chi connectivity index (χ4n) is 8.83. The van der Waals surface area contributed by atoms with Gasteiger partial charge in [-0.2, -0.15) is 0 Å². The number of carbonyl (C=O) groups excluding carboxylic acids is 2. The molecule has 0 aliphatic carbocycles. The molecule has 0 saturated carbocycles. The molecule has 0 aliphatic heterocycles. The highest BCUT2D eigenvalue weighted by Gasteiger charge is 2.25. The number of nitrogens with one attached hydrogen (secondary N) is 1. The molecule has 11 heteroatoms. The van der Waals surface area contributed by atoms with E-state index >= 15 is 0 Å². The van der Waals surface area contributed by atoms with Gasteiger partial charge >= 0.3 is 11.9 Å². The van der Waals surface area contributed by atoms with Crippen LogP contribution < -0.4 is 21.1 Å². The molecule has 1 aromatic rings. The molecular formula is C55H103N3O8. The van der Waals surface area contributed by atoms with Gasteiger partial charge in [0.2, 0.25) is 0 Å². The lowest BCUT2D eigenvalue weighted by molar-refractivity contribution is -0.150. The Morgan fingerprint density at radius 1 is 0.470 bits per heavy atom. The first-order chi connectivity index (χ1) is 32.3. The second-order valence-electron chi connectivity index (χ2n) is 19.1. The van der Waals surface area contributed by atoms with Crippen molar-refractivity contribution in [1.29, 1.82) is 0 Å². The predicted molar refractivity (Wildman–Crippen MR) is 277 cm³/mol. The highest BCUT2D eigenvalue weighted by molar-refractivity contribution is 5.75. The van der Waals surface area contributed by atoms with Gasteiger partial charge in [0.05, 0.1) is 19.8 Å². The van der Waals surface area contributed by atoms with Crippen LogP contribution in [0.5, 0.6) is 0 Å². The lowest BCUT2D eigenvalue weighted by Crippen LogP contribution is -2.45. The number of hydrogen-bond acceptors (Lipinski definition) is 11. The lowest BCUT2D eigenvalue weighted by Gasteiger charge is -2.27. The zero-order valence-corrected chi connectivity index (χ0v) is 43.6. The Kier molecular flexibility index (Phi) is 41.9. The number of methoxy groups -OCH3 is 2. The Balaban J connectivity index is 2.55. The summed E-state index contributed by atoms with van der Waals surface area (Å²) in [4.78, 5) is 54.8. The summed E-state index contributed by atoms with van der Waals surface area (Å²) in [6.45, 7) is 12.8. The van der Waals surface area contributed by atoms with E-state index in [0.29, 0.717) is 63.7 Å². The van der Waals surface area contributed by atoms with Crippen molar-refractivity contribution >= 4 is 23.3 Å². The summed E-state index contributed by atoms with van der Waals surface area (Å²) >= 11 is 0. The van der Waals surface area contributed by atoms with E-state index in [-0.39, 0.29) is 18.0 Å². The smallest absolute Gasteiger partial charge is 0.306 e. The summed E-state index contributed by atoms with van der Waals surface area (Å²) in [5.74, 6) is -0.0653. The maximum atomic E-state index is 12.9. The van der Waals surface area contributed by atoms with Crippen LogP contribution in [-0.2, 0) is 28.5 Å². The van der Waals surface area contributed by atoms with Crippen LogP contribution in [0, 0.1) is 0 Å². The molecule has 1 aromatic carbocycles. The fourth-order valence-corrected chi connectivity index (χ4v) is 8.83. The second kappa shape index (κ2) is 45.0. The molecule has 0 heterocycles. The van der Waals surface area contributed by atoms with Crippen LogP contribution in [0.15, 0.2) is 9.59 Å². The molecule has 386 valence electrons. The molecule has 0 amide bonds. The van der Waals surface area contributed by atoms with E-state index in [1.807, 2.05) is 4.90 Å². The van der Waals surface area contributed by atoms with E-state index in [9.17, 15) is 19.2 Å². The first-order valence-corrected chi connectivity index (χ1v) is 27.7. The van der Waals surface area contributed by atoms with E-state index in [4.69, 9.17) is 18.9 Å². The van der Waals surface area contributed by atoms with Crippen LogP contribution in [0.4, 0.5) is 11.4 Å². The third-order valence-corrected chi connectivity index (χ3v) is 13.1. The van der Waals surface area contributed by atoms with E-state index < -0.39 is 10.9 Å². The Morgan fingerprint density at radius 2 is 0.894 bits per heavy atom. The van der Waals surface area contributed by atoms with Gasteiger partial charge in [-0.3, -0.25) is 19.2 Å². The first kappa shape index (κ1) is 61.5. The number of esters is 2. The average molecular weight is 934 g/mol. The number of nitrogens with zero attached hydrogens (tertiary/aromatic N) is 2. The summed E-state index contributed by atoms with van der Waals surface area (Å²) < 4.78 is 22.1. The molecule has 0 bridgehead atoms. The average Bonchev–Trinajstić information content (AvgIpc) is 3.32. The highest BCUT2D eigenvalue weighted by atomic mass is 16.5. The van der Waals surface area contributed by atoms with Crippen molar-refractivity contribution in [2.24, 2.45) is 0 Å². The van der Waals surface area contributed by atoms with Gasteiger partial charge in [-0.05, 0) is 83.8 Å². The first-order valence-electron chi connectivity index (χ1n) is 27.7. The maximum Gasteiger partial charge on any atom is 0.306 e. The Bertz CT molecular complexity index is 1310. The number of rotatable bonds is 51. The van der Waals surface area contributed by atoms with Gasteiger partial charge in [0, 0.05) is 46.7 Å². The van der Waals surface area contributed by atoms with Crippen LogP contribution in [0.1, 0.15) is 239 Å². The van der Waals surface area contributed by atoms with E-state index in [0.717, 1.165) is 129 Å². The molecule has 1 rings (SSSR count). The van der Waals surface area contributed by atoms with Gasteiger partial charge < -0.3 is 34.1 Å². The largest absolute Gasteiger partial charge is 0.466 e. The van der Waals surface area contributed by atoms with Gasteiger partial charge in [0.25, 0.3) is 10.9 Å². The van der Waals surface area contributed by atoms with Crippen LogP contribution in [-0.4, -0.2) is 96.3 Å². The minimum Gasteiger partial charge on any atom is -0.466 e. The maximum absolute atomic E-state index is 12.9. The Hall–Kier alpha value is -2.50. The summed E-state index contributed by atoms with van der Waals surface area (Å²) in [6, 6.07) is 0. The molecule has 0 aromatic heterocycles. The van der Waals surface area contributed by atoms with E-state index in [1.54, 1.807) is 14.2 Å². The Morgan fingerprint density at radius 3 is 1.39 bits per heavy atom. The molecule has 66 heavy (non-hydrogen) atoms. The second-order valence-corrected chi connectivity index (χ2v) is 19.1. The van der Waals surface area contributed by atoms with Crippen LogP contribution in [0.2, 0.25) is 0 Å². The third kappa shape index (κ3) is 33.1. The monoisotopic (exact) mass is 934 g/mol. The summed E-state index contributed by atoms with van der Waals surface area (Å²) in [5.41, 5.74) is -0.0328. The van der Waals surface area contributed by atoms with Gasteiger partial charge in [-0.25, -0.2) is 0 Å². The summed E-state index contributed by atoms with van der Waals surface area (Å²) in [5, 5.41) is 3.30. The van der Waals surface area contributed by atoms with Crippen LogP contribution >= 0.6 is 0 Å². The lowest BCUT2D eigenvalue weighted by atomic mass is 10.0. The molecule has 0 aliphatic rings. The number of ether oxygens (including phenoxy) is 4. The fraction of sp³-hybridized carbons (Fsp3) is 0.891. The molecule has 11 nitrogen and oxygen atoms in total. The number of unbranched alkanes of at least 4 members (excludes halogenated alkanes) is 24. The number of hydrogen-bond donors (Lipinski definition) is 1. The number of anilines is 2. The van der Waals surface area contributed by atoms with E-state index in [1.165, 1.54) is 96.3 Å². The summed E-state index contributed by atoms with van der Waals surface area (Å²) in [6.07, 6.45) is 38.2. The molecule has 0 radical (unpaired) electrons. The van der Waals surface area contributed by atoms with Gasteiger partial charge in [-0.15, -0.1) is 0 Å². The topological polar surface area (TPSA) is 124 Å². The van der Waals surface area contributed by atoms with Gasteiger partial charge in [0.15, 0.2) is 0 Å². The molecule has 0 fully saturated rings. The molecule has 0 spiro atoms. The van der Waals surface area contributed by atoms with Crippen molar-refractivity contribution in [2.45, 2.75) is 245 Å². The summed E-state index contributed by atoms with van der Waals surface area (Å²) in [7, 11) is 3.25. The molecule has 0 saturated heterocycles. The zero-order chi connectivity index (χ0) is 48.1. The third-order valence-electron chi connectivity index (χ3n) is 13.1. The van der Waals surface area contributed by atoms with E-state index in [2.05, 4.69) is 31.0 Å². The molecule has 0 atom stereocenters. The van der Waals surface area contributed by atoms with Crippen molar-refractivity contribution in [1.82, 2.24) is 4.90 Å².